The monoisotopic (exact) mass is 508 g/mol. The summed E-state index contributed by atoms with van der Waals surface area (Å²) in [5.41, 5.74) is -0.793. The quantitative estimate of drug-likeness (QED) is 0.387. The molecule has 0 radical (unpaired) electrons. The van der Waals surface area contributed by atoms with E-state index in [-0.39, 0.29) is 42.8 Å². The number of halogens is 4. The van der Waals surface area contributed by atoms with Gasteiger partial charge in [0, 0.05) is 49.9 Å². The lowest BCUT2D eigenvalue weighted by Crippen LogP contribution is -2.49. The van der Waals surface area contributed by atoms with Crippen LogP contribution >= 0.6 is 0 Å². The van der Waals surface area contributed by atoms with Gasteiger partial charge in [-0.3, -0.25) is 9.59 Å². The Kier molecular flexibility index (Phi) is 7.48. The van der Waals surface area contributed by atoms with Gasteiger partial charge in [-0.25, -0.2) is 19.5 Å². The van der Waals surface area contributed by atoms with Crippen molar-refractivity contribution in [3.63, 3.8) is 0 Å². The number of hydrogen-bond donors (Lipinski definition) is 1. The summed E-state index contributed by atoms with van der Waals surface area (Å²) in [6, 6.07) is 2.51. The Morgan fingerprint density at radius 3 is 2.47 bits per heavy atom. The molecule has 2 aromatic heterocycles. The number of nitrogens with zero attached hydrogens (tertiary/aromatic N) is 5. The third kappa shape index (κ3) is 5.78. The number of amides is 1. The fraction of sp³-hybridized carbons (Fsp3) is 0.435. The maximum Gasteiger partial charge on any atom is 0.419 e. The van der Waals surface area contributed by atoms with E-state index in [4.69, 9.17) is 4.74 Å². The number of anilines is 1. The first-order chi connectivity index (χ1) is 17.1. The first-order valence-electron chi connectivity index (χ1n) is 11.3. The van der Waals surface area contributed by atoms with E-state index in [2.05, 4.69) is 20.2 Å². The first-order valence-corrected chi connectivity index (χ1v) is 11.3. The molecule has 9 nitrogen and oxygen atoms in total. The predicted molar refractivity (Wildman–Crippen MR) is 122 cm³/mol. The lowest BCUT2D eigenvalue weighted by atomic mass is 9.96. The van der Waals surface area contributed by atoms with Crippen molar-refractivity contribution in [2.24, 2.45) is 0 Å². The predicted octanol–water partition coefficient (Wildman–Crippen LogP) is 2.73. The van der Waals surface area contributed by atoms with Gasteiger partial charge >= 0.3 is 6.18 Å². The largest absolute Gasteiger partial charge is 0.419 e. The number of fused-ring (bicyclic) bond motifs is 1. The molecule has 0 saturated carbocycles. The Hall–Kier alpha value is -3.61. The fourth-order valence-corrected chi connectivity index (χ4v) is 4.05. The van der Waals surface area contributed by atoms with Crippen LogP contribution in [0.25, 0.3) is 10.8 Å². The Labute approximate surface area is 203 Å². The molecule has 1 N–H and O–H groups in total. The van der Waals surface area contributed by atoms with Crippen molar-refractivity contribution in [2.75, 3.05) is 44.3 Å². The molecule has 1 aliphatic heterocycles. The number of alkyl halides is 3. The highest BCUT2D eigenvalue weighted by Crippen LogP contribution is 2.28. The van der Waals surface area contributed by atoms with Crippen LogP contribution in [0.15, 0.2) is 35.5 Å². The maximum absolute atomic E-state index is 14.0. The molecule has 0 bridgehead atoms. The highest BCUT2D eigenvalue weighted by Gasteiger charge is 2.32. The van der Waals surface area contributed by atoms with Gasteiger partial charge < -0.3 is 14.5 Å². The van der Waals surface area contributed by atoms with Crippen LogP contribution in [0.2, 0.25) is 0 Å². The smallest absolute Gasteiger partial charge is 0.380 e. The number of carbonyl (C=O) groups is 1. The van der Waals surface area contributed by atoms with Crippen molar-refractivity contribution >= 4 is 22.6 Å². The summed E-state index contributed by atoms with van der Waals surface area (Å²) >= 11 is 0. The molecule has 192 valence electrons. The van der Waals surface area contributed by atoms with Gasteiger partial charge in [-0.2, -0.15) is 18.3 Å². The summed E-state index contributed by atoms with van der Waals surface area (Å²) in [5, 5.41) is 6.83. The zero-order valence-electron chi connectivity index (χ0n) is 19.4. The van der Waals surface area contributed by atoms with Crippen LogP contribution in [0.5, 0.6) is 0 Å². The van der Waals surface area contributed by atoms with Gasteiger partial charge in [0.1, 0.15) is 5.82 Å². The zero-order chi connectivity index (χ0) is 25.9. The van der Waals surface area contributed by atoms with Crippen molar-refractivity contribution in [1.82, 2.24) is 25.1 Å². The van der Waals surface area contributed by atoms with Crippen LogP contribution in [0, 0.1) is 5.82 Å². The van der Waals surface area contributed by atoms with Crippen LogP contribution in [0.4, 0.5) is 23.5 Å². The highest BCUT2D eigenvalue weighted by molar-refractivity contribution is 5.84. The second-order valence-electron chi connectivity index (χ2n) is 8.52. The second-order valence-corrected chi connectivity index (χ2v) is 8.52. The molecule has 1 aromatic carbocycles. The summed E-state index contributed by atoms with van der Waals surface area (Å²) in [7, 11) is 0. The molecule has 13 heteroatoms. The SMILES string of the molecule is CC(COCCC(=O)N1CCN(c2ncc(C(F)(F)F)cn2)CC1)c1cc(F)cc2c(=O)[nH]ncc12. The molecular weight excluding hydrogens is 484 g/mol. The van der Waals surface area contributed by atoms with Gasteiger partial charge in [-0.05, 0) is 17.7 Å². The van der Waals surface area contributed by atoms with E-state index in [1.165, 1.54) is 12.3 Å². The number of hydrogen-bond acceptors (Lipinski definition) is 7. The molecule has 0 aliphatic carbocycles. The summed E-state index contributed by atoms with van der Waals surface area (Å²) in [6.07, 6.45) is -1.38. The molecule has 3 heterocycles. The first kappa shape index (κ1) is 25.5. The molecule has 0 spiro atoms. The van der Waals surface area contributed by atoms with Crippen molar-refractivity contribution in [2.45, 2.75) is 25.4 Å². The summed E-state index contributed by atoms with van der Waals surface area (Å²) < 4.78 is 57.7. The lowest BCUT2D eigenvalue weighted by Gasteiger charge is -2.34. The topological polar surface area (TPSA) is 104 Å². The van der Waals surface area contributed by atoms with Crippen molar-refractivity contribution in [1.29, 1.82) is 0 Å². The van der Waals surface area contributed by atoms with Crippen molar-refractivity contribution in [3.8, 4) is 0 Å². The van der Waals surface area contributed by atoms with Crippen LogP contribution in [-0.4, -0.2) is 70.4 Å². The van der Waals surface area contributed by atoms with E-state index in [1.54, 1.807) is 9.80 Å². The van der Waals surface area contributed by atoms with Gasteiger partial charge in [-0.15, -0.1) is 0 Å². The number of benzene rings is 1. The summed E-state index contributed by atoms with van der Waals surface area (Å²) in [4.78, 5) is 35.5. The van der Waals surface area contributed by atoms with Crippen LogP contribution in [0.3, 0.4) is 0 Å². The third-order valence-electron chi connectivity index (χ3n) is 6.02. The van der Waals surface area contributed by atoms with Gasteiger partial charge in [0.2, 0.25) is 11.9 Å². The van der Waals surface area contributed by atoms with Crippen LogP contribution in [0.1, 0.15) is 30.4 Å². The normalized spacial score (nSPS) is 15.4. The number of H-pyrrole nitrogens is 1. The van der Waals surface area contributed by atoms with Crippen LogP contribution in [-0.2, 0) is 15.7 Å². The zero-order valence-corrected chi connectivity index (χ0v) is 19.4. The van der Waals surface area contributed by atoms with E-state index >= 15 is 0 Å². The number of aromatic amines is 1. The average Bonchev–Trinajstić information content (AvgIpc) is 2.86. The van der Waals surface area contributed by atoms with Crippen molar-refractivity contribution < 1.29 is 27.1 Å². The molecule has 1 atom stereocenters. The number of piperazine rings is 1. The number of rotatable bonds is 7. The Balaban J connectivity index is 1.24. The lowest BCUT2D eigenvalue weighted by molar-refractivity contribution is -0.138. The summed E-state index contributed by atoms with van der Waals surface area (Å²) in [6.45, 7) is 3.78. The highest BCUT2D eigenvalue weighted by atomic mass is 19.4. The van der Waals surface area contributed by atoms with Crippen molar-refractivity contribution in [3.05, 3.63) is 58.0 Å². The van der Waals surface area contributed by atoms with Gasteiger partial charge in [0.15, 0.2) is 0 Å². The molecule has 1 saturated heterocycles. The molecule has 1 fully saturated rings. The number of nitrogens with one attached hydrogen (secondary N) is 1. The molecular formula is C23H24F4N6O3. The maximum atomic E-state index is 14.0. The Bertz CT molecular complexity index is 1270. The minimum atomic E-state index is -4.50. The molecule has 3 aromatic rings. The molecule has 36 heavy (non-hydrogen) atoms. The van der Waals surface area contributed by atoms with Crippen LogP contribution < -0.4 is 10.5 Å². The number of carbonyl (C=O) groups excluding carboxylic acids is 1. The number of aromatic nitrogens is 4. The van der Waals surface area contributed by atoms with E-state index in [1.807, 2.05) is 6.92 Å². The molecule has 1 amide bonds. The van der Waals surface area contributed by atoms with E-state index in [0.717, 1.165) is 18.5 Å². The third-order valence-corrected chi connectivity index (χ3v) is 6.02. The molecule has 1 aliphatic rings. The standard InChI is InChI=1S/C23H24F4N6O3/c1-14(17-8-16(24)9-18-19(17)12-30-31-21(18)35)13-36-7-2-20(34)32-3-5-33(6-4-32)22-28-10-15(11-29-22)23(25,26)27/h8-12,14H,2-7,13H2,1H3,(H,31,35). The minimum Gasteiger partial charge on any atom is -0.380 e. The Morgan fingerprint density at radius 1 is 1.11 bits per heavy atom. The van der Waals surface area contributed by atoms with E-state index in [9.17, 15) is 27.2 Å². The van der Waals surface area contributed by atoms with Gasteiger partial charge in [0.25, 0.3) is 5.56 Å². The fourth-order valence-electron chi connectivity index (χ4n) is 4.05. The molecule has 4 rings (SSSR count). The minimum absolute atomic E-state index is 0.109. The van der Waals surface area contributed by atoms with Gasteiger partial charge in [-0.1, -0.05) is 6.92 Å². The van der Waals surface area contributed by atoms with E-state index in [0.29, 0.717) is 37.1 Å². The summed E-state index contributed by atoms with van der Waals surface area (Å²) in [5.74, 6) is -0.691. The van der Waals surface area contributed by atoms with E-state index < -0.39 is 23.1 Å². The van der Waals surface area contributed by atoms with Gasteiger partial charge in [0.05, 0.1) is 36.8 Å². The second kappa shape index (κ2) is 10.6. The molecule has 1 unspecified atom stereocenters. The Morgan fingerprint density at radius 2 is 1.81 bits per heavy atom. The average molecular weight is 508 g/mol. The number of ether oxygens (including phenoxy) is 1.